The summed E-state index contributed by atoms with van der Waals surface area (Å²) in [6.07, 6.45) is -4.00. The number of ether oxygens (including phenoxy) is 7. The molecule has 73 heavy (non-hydrogen) atoms. The fourth-order valence-electron chi connectivity index (χ4n) is 8.80. The summed E-state index contributed by atoms with van der Waals surface area (Å²) in [6, 6.07) is 49.1. The van der Waals surface area contributed by atoms with Gasteiger partial charge in [-0.2, -0.15) is 0 Å². The number of nitrogens with zero attached hydrogens (tertiary/aromatic N) is 2. The Hall–Kier alpha value is -6.76. The molecule has 0 saturated carbocycles. The van der Waals surface area contributed by atoms with Gasteiger partial charge in [0.1, 0.15) is 43.3 Å². The van der Waals surface area contributed by atoms with E-state index >= 15 is 4.79 Å². The Morgan fingerprint density at radius 1 is 0.712 bits per heavy atom. The molecule has 0 unspecified atom stereocenters. The zero-order valence-electron chi connectivity index (χ0n) is 40.9. The predicted octanol–water partition coefficient (Wildman–Crippen LogP) is 7.99. The van der Waals surface area contributed by atoms with Crippen LogP contribution in [0.1, 0.15) is 51.6 Å². The summed E-state index contributed by atoms with van der Waals surface area (Å²) in [7, 11) is 0. The van der Waals surface area contributed by atoms with Gasteiger partial charge >= 0.3 is 6.09 Å². The van der Waals surface area contributed by atoms with Crippen molar-refractivity contribution in [3.63, 3.8) is 0 Å². The lowest BCUT2D eigenvalue weighted by Crippen LogP contribution is -2.55. The average Bonchev–Trinajstić information content (AvgIpc) is 4.21. The van der Waals surface area contributed by atoms with E-state index < -0.39 is 60.7 Å². The Morgan fingerprint density at radius 3 is 1.70 bits per heavy atom. The van der Waals surface area contributed by atoms with Crippen LogP contribution in [0.25, 0.3) is 0 Å². The first-order chi connectivity index (χ1) is 35.6. The molecule has 5 aromatic carbocycles. The molecule has 0 radical (unpaired) electrons. The van der Waals surface area contributed by atoms with Crippen molar-refractivity contribution in [1.29, 1.82) is 5.41 Å². The highest BCUT2D eigenvalue weighted by atomic mass is 32.1. The molecule has 16 heteroatoms. The van der Waals surface area contributed by atoms with E-state index in [9.17, 15) is 9.59 Å². The molecule has 382 valence electrons. The van der Waals surface area contributed by atoms with Crippen molar-refractivity contribution in [2.75, 3.05) is 32.8 Å². The number of carbonyl (C=O) groups excluding carboxylic acids is 3. The highest BCUT2D eigenvalue weighted by molar-refractivity contribution is 7.10. The third-order valence-electron chi connectivity index (χ3n) is 12.7. The number of hydrogen-bond acceptors (Lipinski definition) is 12. The first-order valence-electron chi connectivity index (χ1n) is 24.5. The summed E-state index contributed by atoms with van der Waals surface area (Å²) >= 11 is 1.36. The quantitative estimate of drug-likeness (QED) is 0.0373. The molecule has 4 N–H and O–H groups in total. The van der Waals surface area contributed by atoms with Crippen LogP contribution in [0.15, 0.2) is 163 Å². The van der Waals surface area contributed by atoms with Gasteiger partial charge in [0.15, 0.2) is 5.79 Å². The summed E-state index contributed by atoms with van der Waals surface area (Å²) in [6.45, 7) is 2.59. The predicted molar refractivity (Wildman–Crippen MR) is 276 cm³/mol. The lowest BCUT2D eigenvalue weighted by molar-refractivity contribution is -0.189. The van der Waals surface area contributed by atoms with E-state index in [1.165, 1.54) is 21.1 Å². The molecule has 8 rings (SSSR count). The van der Waals surface area contributed by atoms with E-state index in [1.54, 1.807) is 11.4 Å². The van der Waals surface area contributed by atoms with Crippen molar-refractivity contribution in [2.45, 2.75) is 89.2 Å². The normalized spacial score (nSPS) is 16.6. The van der Waals surface area contributed by atoms with Gasteiger partial charge in [0.2, 0.25) is 11.8 Å². The van der Waals surface area contributed by atoms with Gasteiger partial charge in [0.05, 0.1) is 65.4 Å². The SMILES string of the molecule is C[C@H](OCc1ccccc1)[C@H](OCc1ccccc1)[C@@H](OCc1ccccc1)[C@H](CN(CC(=O)N1CC2(C[C@H]1C(=O)NCc1cc(C(=N)N)cs1)OCCO2)C(=O)OCc1ccccc1)OCc1ccccc1. The second-order valence-electron chi connectivity index (χ2n) is 18.1. The number of nitrogens with two attached hydrogens (primary N) is 1. The van der Waals surface area contributed by atoms with Crippen molar-refractivity contribution in [3.8, 4) is 0 Å². The van der Waals surface area contributed by atoms with E-state index in [1.807, 2.05) is 159 Å². The number of thiophene rings is 1. The molecule has 2 fully saturated rings. The Labute approximate surface area is 430 Å². The maximum atomic E-state index is 15.0. The highest BCUT2D eigenvalue weighted by Crippen LogP contribution is 2.35. The number of likely N-dealkylation sites (tertiary alicyclic amines) is 1. The second kappa shape index (κ2) is 26.3. The molecule has 2 aliphatic heterocycles. The number of rotatable bonds is 25. The van der Waals surface area contributed by atoms with Crippen LogP contribution in [0, 0.1) is 5.41 Å². The number of benzene rings is 5. The molecule has 3 amide bonds. The van der Waals surface area contributed by atoms with Crippen molar-refractivity contribution in [1.82, 2.24) is 15.1 Å². The van der Waals surface area contributed by atoms with Gasteiger partial charge < -0.3 is 49.1 Å². The number of nitrogens with one attached hydrogen (secondary N) is 2. The molecule has 5 atom stereocenters. The van der Waals surface area contributed by atoms with Crippen LogP contribution in [0.4, 0.5) is 4.79 Å². The van der Waals surface area contributed by atoms with Crippen molar-refractivity contribution in [2.24, 2.45) is 5.73 Å². The van der Waals surface area contributed by atoms with E-state index in [-0.39, 0.29) is 64.9 Å². The monoisotopic (exact) mass is 1010 g/mol. The summed E-state index contributed by atoms with van der Waals surface area (Å²) in [4.78, 5) is 47.5. The molecule has 6 aromatic rings. The minimum atomic E-state index is -1.21. The third kappa shape index (κ3) is 15.1. The van der Waals surface area contributed by atoms with Gasteiger partial charge in [-0.05, 0) is 40.8 Å². The molecule has 15 nitrogen and oxygen atoms in total. The summed E-state index contributed by atoms with van der Waals surface area (Å²) in [5, 5.41) is 12.5. The van der Waals surface area contributed by atoms with E-state index in [4.69, 9.17) is 44.3 Å². The molecule has 2 saturated heterocycles. The number of hydrogen-bond donors (Lipinski definition) is 3. The van der Waals surface area contributed by atoms with Crippen LogP contribution < -0.4 is 11.1 Å². The van der Waals surface area contributed by atoms with Gasteiger partial charge in [0, 0.05) is 22.2 Å². The summed E-state index contributed by atoms with van der Waals surface area (Å²) in [5.74, 6) is -2.25. The number of amidine groups is 1. The number of amides is 3. The largest absolute Gasteiger partial charge is 0.445 e. The van der Waals surface area contributed by atoms with E-state index in [2.05, 4.69) is 5.32 Å². The van der Waals surface area contributed by atoms with Crippen LogP contribution in [0.2, 0.25) is 0 Å². The van der Waals surface area contributed by atoms with Gasteiger partial charge in [0.25, 0.3) is 0 Å². The zero-order valence-corrected chi connectivity index (χ0v) is 41.7. The molecule has 1 spiro atoms. The fraction of sp³-hybridized carbons (Fsp3) is 0.333. The van der Waals surface area contributed by atoms with Crippen LogP contribution >= 0.6 is 11.3 Å². The van der Waals surface area contributed by atoms with Gasteiger partial charge in [-0.3, -0.25) is 19.9 Å². The van der Waals surface area contributed by atoms with E-state index in [0.717, 1.165) is 32.7 Å². The Kier molecular flexibility index (Phi) is 18.9. The number of carbonyl (C=O) groups is 3. The first kappa shape index (κ1) is 52.6. The van der Waals surface area contributed by atoms with Crippen LogP contribution in [-0.4, -0.2) is 103 Å². The molecule has 3 heterocycles. The van der Waals surface area contributed by atoms with Crippen molar-refractivity contribution >= 4 is 35.1 Å². The number of nitrogen functional groups attached to an aromatic ring is 1. The molecule has 2 aliphatic rings. The minimum absolute atomic E-state index is 0.0489. The summed E-state index contributed by atoms with van der Waals surface area (Å²) in [5.41, 5.74) is 10.7. The maximum Gasteiger partial charge on any atom is 0.410 e. The Balaban J connectivity index is 1.13. The van der Waals surface area contributed by atoms with Gasteiger partial charge in [-0.25, -0.2) is 4.79 Å². The molecular formula is C57H63N5O10S. The lowest BCUT2D eigenvalue weighted by Gasteiger charge is -2.38. The summed E-state index contributed by atoms with van der Waals surface area (Å²) < 4.78 is 45.7. The third-order valence-corrected chi connectivity index (χ3v) is 13.6. The van der Waals surface area contributed by atoms with Gasteiger partial charge in [-0.1, -0.05) is 152 Å². The standard InChI is InChI=1S/C57H63N5O10S/c1-41(66-34-42-17-7-2-8-18-42)52(68-36-44-21-11-4-12-22-44)53(69-37-45-23-13-5-14-24-45)50(67-35-43-19-9-3-10-20-43)32-61(56(65)70-38-46-25-15-6-16-26-46)33-51(63)62-40-57(71-27-28-72-57)30-49(62)55(64)60-31-48-29-47(39-73-48)54(58)59/h2-26,29,39,41,49-50,52-53H,27-28,30-38,40H2,1H3,(H3,58,59)(H,60,64)/t41-,49-,50-,52-,53-/m0/s1. The maximum absolute atomic E-state index is 15.0. The molecule has 0 bridgehead atoms. The topological polar surface area (TPSA) is 184 Å². The Morgan fingerprint density at radius 2 is 1.19 bits per heavy atom. The van der Waals surface area contributed by atoms with Crippen LogP contribution in [-0.2, 0) is 82.3 Å². The second-order valence-corrected chi connectivity index (χ2v) is 19.1. The molecular weight excluding hydrogens is 947 g/mol. The average molecular weight is 1010 g/mol. The fourth-order valence-corrected chi connectivity index (χ4v) is 9.63. The lowest BCUT2D eigenvalue weighted by atomic mass is 10.0. The molecule has 0 aliphatic carbocycles. The minimum Gasteiger partial charge on any atom is -0.445 e. The Bertz CT molecular complexity index is 2660. The smallest absolute Gasteiger partial charge is 0.410 e. The van der Waals surface area contributed by atoms with Crippen LogP contribution in [0.3, 0.4) is 0 Å². The van der Waals surface area contributed by atoms with Crippen LogP contribution in [0.5, 0.6) is 0 Å². The first-order valence-corrected chi connectivity index (χ1v) is 25.3. The van der Waals surface area contributed by atoms with Crippen molar-refractivity contribution < 1.29 is 47.5 Å². The highest BCUT2D eigenvalue weighted by Gasteiger charge is 2.53. The van der Waals surface area contributed by atoms with E-state index in [0.29, 0.717) is 18.8 Å². The zero-order chi connectivity index (χ0) is 50.8. The molecule has 1 aromatic heterocycles. The van der Waals surface area contributed by atoms with Gasteiger partial charge in [-0.15, -0.1) is 11.3 Å². The van der Waals surface area contributed by atoms with Crippen molar-refractivity contribution in [3.05, 3.63) is 201 Å².